The predicted molar refractivity (Wildman–Crippen MR) is 83.1 cm³/mol. The van der Waals surface area contributed by atoms with E-state index in [1.165, 1.54) is 0 Å². The number of nitrogens with zero attached hydrogens (tertiary/aromatic N) is 3. The molecule has 1 rings (SSSR count). The van der Waals surface area contributed by atoms with E-state index in [0.717, 1.165) is 24.5 Å². The van der Waals surface area contributed by atoms with E-state index >= 15 is 0 Å². The molecule has 0 saturated heterocycles. The first-order valence-electron chi connectivity index (χ1n) is 7.34. The number of methoxy groups -OCH3 is 1. The molecule has 0 fully saturated rings. The first-order chi connectivity index (χ1) is 9.42. The van der Waals surface area contributed by atoms with Gasteiger partial charge in [0.25, 0.3) is 0 Å². The summed E-state index contributed by atoms with van der Waals surface area (Å²) in [5, 5.41) is 7.93. The molecule has 0 aliphatic carbocycles. The molecule has 5 heteroatoms. The van der Waals surface area contributed by atoms with Gasteiger partial charge in [-0.1, -0.05) is 20.8 Å². The van der Waals surface area contributed by atoms with Crippen LogP contribution in [0, 0.1) is 11.8 Å². The average Bonchev–Trinajstić information content (AvgIpc) is 2.80. The second-order valence-corrected chi connectivity index (χ2v) is 5.99. The zero-order valence-electron chi connectivity index (χ0n) is 14.0. The third-order valence-corrected chi connectivity index (χ3v) is 4.01. The van der Waals surface area contributed by atoms with Crippen molar-refractivity contribution < 1.29 is 4.74 Å². The van der Waals surface area contributed by atoms with Gasteiger partial charge in [-0.3, -0.25) is 4.68 Å². The van der Waals surface area contributed by atoms with Crippen LogP contribution < -0.4 is 10.1 Å². The molecule has 0 saturated carbocycles. The molecule has 0 aliphatic heterocycles. The molecule has 1 aromatic heterocycles. The van der Waals surface area contributed by atoms with Crippen molar-refractivity contribution in [3.8, 4) is 5.75 Å². The molecule has 2 atom stereocenters. The molecule has 0 spiro atoms. The number of likely N-dealkylation sites (N-methyl/N-ethyl adjacent to an activating group) is 1. The summed E-state index contributed by atoms with van der Waals surface area (Å²) in [6, 6.07) is 0.245. The highest BCUT2D eigenvalue weighted by Crippen LogP contribution is 2.33. The number of nitrogens with one attached hydrogen (secondary N) is 1. The van der Waals surface area contributed by atoms with Gasteiger partial charge in [0.05, 0.1) is 31.6 Å². The van der Waals surface area contributed by atoms with Gasteiger partial charge in [-0.05, 0) is 33.0 Å². The normalized spacial score (nSPS) is 14.8. The highest BCUT2D eigenvalue weighted by molar-refractivity contribution is 5.29. The van der Waals surface area contributed by atoms with E-state index in [1.54, 1.807) is 7.11 Å². The third kappa shape index (κ3) is 3.96. The van der Waals surface area contributed by atoms with Crippen LogP contribution in [-0.2, 0) is 6.54 Å². The van der Waals surface area contributed by atoms with E-state index in [1.807, 2.05) is 13.2 Å². The van der Waals surface area contributed by atoms with Gasteiger partial charge in [-0.25, -0.2) is 0 Å². The van der Waals surface area contributed by atoms with Crippen molar-refractivity contribution in [3.05, 3.63) is 11.9 Å². The Labute approximate surface area is 123 Å². The first-order valence-corrected chi connectivity index (χ1v) is 7.34. The fraction of sp³-hybridized carbons (Fsp3) is 0.800. The highest BCUT2D eigenvalue weighted by atomic mass is 16.5. The number of aromatic nitrogens is 2. The van der Waals surface area contributed by atoms with Gasteiger partial charge < -0.3 is 15.0 Å². The van der Waals surface area contributed by atoms with Crippen LogP contribution in [0.5, 0.6) is 5.75 Å². The Balaban J connectivity index is 3.07. The van der Waals surface area contributed by atoms with Crippen LogP contribution in [0.4, 0.5) is 0 Å². The monoisotopic (exact) mass is 282 g/mol. The lowest BCUT2D eigenvalue weighted by Gasteiger charge is -2.28. The van der Waals surface area contributed by atoms with Gasteiger partial charge in [0.2, 0.25) is 0 Å². The second-order valence-electron chi connectivity index (χ2n) is 5.99. The average molecular weight is 282 g/mol. The molecule has 1 heterocycles. The van der Waals surface area contributed by atoms with Gasteiger partial charge in [0.1, 0.15) is 0 Å². The van der Waals surface area contributed by atoms with E-state index in [0.29, 0.717) is 11.8 Å². The van der Waals surface area contributed by atoms with Crippen LogP contribution in [-0.4, -0.2) is 49.5 Å². The maximum Gasteiger partial charge on any atom is 0.161 e. The fourth-order valence-electron chi connectivity index (χ4n) is 2.36. The van der Waals surface area contributed by atoms with Crippen molar-refractivity contribution in [1.29, 1.82) is 0 Å². The number of rotatable bonds is 8. The van der Waals surface area contributed by atoms with Crippen LogP contribution in [0.2, 0.25) is 0 Å². The van der Waals surface area contributed by atoms with Crippen LogP contribution in [0.25, 0.3) is 0 Å². The third-order valence-electron chi connectivity index (χ3n) is 4.01. The van der Waals surface area contributed by atoms with Gasteiger partial charge in [0.15, 0.2) is 5.75 Å². The Bertz CT molecular complexity index is 401. The van der Waals surface area contributed by atoms with Gasteiger partial charge in [-0.2, -0.15) is 5.10 Å². The molecule has 0 aromatic carbocycles. The number of hydrogen-bond acceptors (Lipinski definition) is 4. The summed E-state index contributed by atoms with van der Waals surface area (Å²) in [7, 11) is 7.87. The van der Waals surface area contributed by atoms with E-state index in [4.69, 9.17) is 4.74 Å². The summed E-state index contributed by atoms with van der Waals surface area (Å²) in [6.45, 7) is 8.61. The predicted octanol–water partition coefficient (Wildman–Crippen LogP) is 2.01. The summed E-state index contributed by atoms with van der Waals surface area (Å²) in [6.07, 6.45) is 1.82. The van der Waals surface area contributed by atoms with E-state index in [-0.39, 0.29) is 6.04 Å². The summed E-state index contributed by atoms with van der Waals surface area (Å²) < 4.78 is 7.58. The molecule has 1 N–H and O–H groups in total. The highest BCUT2D eigenvalue weighted by Gasteiger charge is 2.27. The van der Waals surface area contributed by atoms with Crippen molar-refractivity contribution in [1.82, 2.24) is 20.0 Å². The van der Waals surface area contributed by atoms with Crippen molar-refractivity contribution in [3.63, 3.8) is 0 Å². The maximum atomic E-state index is 5.51. The topological polar surface area (TPSA) is 42.3 Å². The minimum Gasteiger partial charge on any atom is -0.493 e. The second kappa shape index (κ2) is 7.64. The van der Waals surface area contributed by atoms with Crippen LogP contribution in [0.3, 0.4) is 0 Å². The van der Waals surface area contributed by atoms with E-state index < -0.39 is 0 Å². The molecular weight excluding hydrogens is 252 g/mol. The molecule has 0 bridgehead atoms. The van der Waals surface area contributed by atoms with Crippen molar-refractivity contribution >= 4 is 0 Å². The molecule has 2 unspecified atom stereocenters. The molecule has 5 nitrogen and oxygen atoms in total. The van der Waals surface area contributed by atoms with E-state index in [9.17, 15) is 0 Å². The Kier molecular flexibility index (Phi) is 6.49. The summed E-state index contributed by atoms with van der Waals surface area (Å²) >= 11 is 0. The van der Waals surface area contributed by atoms with Crippen LogP contribution in [0.15, 0.2) is 6.20 Å². The Morgan fingerprint density at radius 2 is 2.00 bits per heavy atom. The Hall–Kier alpha value is -1.07. The lowest BCUT2D eigenvalue weighted by Crippen LogP contribution is -2.30. The maximum absolute atomic E-state index is 5.51. The summed E-state index contributed by atoms with van der Waals surface area (Å²) in [5.41, 5.74) is 1.15. The quantitative estimate of drug-likeness (QED) is 0.792. The molecule has 116 valence electrons. The Morgan fingerprint density at radius 3 is 2.45 bits per heavy atom. The SMILES string of the molecule is CNC(c1c(OC)cnn1CCN(C)C)C(C)C(C)C. The van der Waals surface area contributed by atoms with Crippen molar-refractivity contribution in [2.24, 2.45) is 11.8 Å². The molecule has 0 amide bonds. The molecular formula is C15H30N4O. The number of ether oxygens (including phenoxy) is 1. The van der Waals surface area contributed by atoms with Crippen molar-refractivity contribution in [2.75, 3.05) is 34.8 Å². The van der Waals surface area contributed by atoms with Gasteiger partial charge in [-0.15, -0.1) is 0 Å². The fourth-order valence-corrected chi connectivity index (χ4v) is 2.36. The van der Waals surface area contributed by atoms with Gasteiger partial charge >= 0.3 is 0 Å². The van der Waals surface area contributed by atoms with E-state index in [2.05, 4.69) is 54.9 Å². The van der Waals surface area contributed by atoms with Crippen LogP contribution >= 0.6 is 0 Å². The molecule has 20 heavy (non-hydrogen) atoms. The smallest absolute Gasteiger partial charge is 0.161 e. The lowest BCUT2D eigenvalue weighted by atomic mass is 9.88. The summed E-state index contributed by atoms with van der Waals surface area (Å²) in [5.74, 6) is 1.97. The molecule has 1 aromatic rings. The minimum absolute atomic E-state index is 0.245. The first kappa shape index (κ1) is 17.0. The zero-order chi connectivity index (χ0) is 15.3. The van der Waals surface area contributed by atoms with Gasteiger partial charge in [0, 0.05) is 6.54 Å². The van der Waals surface area contributed by atoms with Crippen molar-refractivity contribution in [2.45, 2.75) is 33.4 Å². The standard InChI is InChI=1S/C15H30N4O/c1-11(2)12(3)14(16-4)15-13(20-7)10-17-19(15)9-8-18(5)6/h10-12,14,16H,8-9H2,1-7H3. The molecule has 0 radical (unpaired) electrons. The van der Waals surface area contributed by atoms with Crippen LogP contribution in [0.1, 0.15) is 32.5 Å². The minimum atomic E-state index is 0.245. The Morgan fingerprint density at radius 1 is 1.35 bits per heavy atom. The molecule has 0 aliphatic rings. The number of hydrogen-bond donors (Lipinski definition) is 1. The zero-order valence-corrected chi connectivity index (χ0v) is 14.0. The summed E-state index contributed by atoms with van der Waals surface area (Å²) in [4.78, 5) is 2.16. The largest absolute Gasteiger partial charge is 0.493 e. The lowest BCUT2D eigenvalue weighted by molar-refractivity contribution is 0.285.